The summed E-state index contributed by atoms with van der Waals surface area (Å²) in [7, 11) is 0. The summed E-state index contributed by atoms with van der Waals surface area (Å²) in [5.41, 5.74) is 9.51. The predicted octanol–water partition coefficient (Wildman–Crippen LogP) is -0.0118. The molecule has 0 unspecified atom stereocenters. The summed E-state index contributed by atoms with van der Waals surface area (Å²) >= 11 is 0. The molecule has 0 amide bonds. The molecule has 0 rings (SSSR count). The van der Waals surface area contributed by atoms with E-state index in [0.29, 0.717) is 13.0 Å². The molecule has 14 heavy (non-hydrogen) atoms. The van der Waals surface area contributed by atoms with Gasteiger partial charge in [0.25, 0.3) is 0 Å². The topological polar surface area (TPSA) is 102 Å². The van der Waals surface area contributed by atoms with Gasteiger partial charge in [0.05, 0.1) is 0 Å². The Labute approximate surface area is 84.2 Å². The number of aliphatic carboxylic acids is 1. The first-order valence-electron chi connectivity index (χ1n) is 4.74. The molecule has 0 aromatic heterocycles. The van der Waals surface area contributed by atoms with E-state index < -0.39 is 11.5 Å². The number of nitrogens with two attached hydrogens (primary N) is 2. The van der Waals surface area contributed by atoms with Crippen molar-refractivity contribution in [1.82, 2.24) is 0 Å². The fourth-order valence-corrected chi connectivity index (χ4v) is 1.09. The second kappa shape index (κ2) is 6.50. The standard InChI is InChI=1S/C9H19N3O2/c1-9(8(13)14,12-7-6-11)4-2-3-5-10/h7H,2-6,10-11H2,1H3,(H,13,14)/t9-/m0/s1. The van der Waals surface area contributed by atoms with E-state index in [4.69, 9.17) is 16.6 Å². The van der Waals surface area contributed by atoms with Crippen molar-refractivity contribution in [3.05, 3.63) is 0 Å². The fourth-order valence-electron chi connectivity index (χ4n) is 1.09. The van der Waals surface area contributed by atoms with E-state index in [-0.39, 0.29) is 6.54 Å². The Bertz CT molecular complexity index is 206. The molecule has 0 radical (unpaired) electrons. The number of aliphatic imine (C=N–C) groups is 1. The summed E-state index contributed by atoms with van der Waals surface area (Å²) in [4.78, 5) is 14.9. The molecule has 0 heterocycles. The highest BCUT2D eigenvalue weighted by molar-refractivity contribution is 5.80. The molecule has 5 nitrogen and oxygen atoms in total. The summed E-state index contributed by atoms with van der Waals surface area (Å²) in [6.07, 6.45) is 3.52. The molecular formula is C9H19N3O2. The molecule has 0 aliphatic carbocycles. The molecule has 0 aliphatic rings. The van der Waals surface area contributed by atoms with Gasteiger partial charge >= 0.3 is 5.97 Å². The van der Waals surface area contributed by atoms with E-state index in [9.17, 15) is 4.79 Å². The van der Waals surface area contributed by atoms with E-state index in [1.54, 1.807) is 6.92 Å². The van der Waals surface area contributed by atoms with Crippen molar-refractivity contribution in [1.29, 1.82) is 0 Å². The number of carbonyl (C=O) groups is 1. The summed E-state index contributed by atoms with van der Waals surface area (Å²) in [6, 6.07) is 0. The van der Waals surface area contributed by atoms with Crippen LogP contribution < -0.4 is 11.5 Å². The highest BCUT2D eigenvalue weighted by Crippen LogP contribution is 2.18. The van der Waals surface area contributed by atoms with Crippen LogP contribution in [0.25, 0.3) is 0 Å². The molecule has 0 saturated carbocycles. The van der Waals surface area contributed by atoms with Gasteiger partial charge in [-0.25, -0.2) is 4.79 Å². The smallest absolute Gasteiger partial charge is 0.331 e. The third-order valence-electron chi connectivity index (χ3n) is 2.06. The van der Waals surface area contributed by atoms with Crippen LogP contribution in [0.2, 0.25) is 0 Å². The van der Waals surface area contributed by atoms with Crippen LogP contribution in [-0.2, 0) is 4.79 Å². The van der Waals surface area contributed by atoms with E-state index in [0.717, 1.165) is 12.8 Å². The number of carboxylic acid groups (broad SMARTS) is 1. The summed E-state index contributed by atoms with van der Waals surface area (Å²) in [6.45, 7) is 2.44. The van der Waals surface area contributed by atoms with Crippen molar-refractivity contribution in [2.75, 3.05) is 13.1 Å². The summed E-state index contributed by atoms with van der Waals surface area (Å²) in [5.74, 6) is -0.917. The average molecular weight is 201 g/mol. The molecule has 0 spiro atoms. The Morgan fingerprint density at radius 3 is 2.57 bits per heavy atom. The van der Waals surface area contributed by atoms with Gasteiger partial charge in [-0.05, 0) is 32.7 Å². The Balaban J connectivity index is 4.24. The van der Waals surface area contributed by atoms with Crippen LogP contribution in [0.5, 0.6) is 0 Å². The SMILES string of the molecule is C[C@@](CCCCN)(N=CCN)C(=O)O. The second-order valence-corrected chi connectivity index (χ2v) is 3.37. The molecule has 0 bridgehead atoms. The van der Waals surface area contributed by atoms with Crippen LogP contribution in [0.15, 0.2) is 4.99 Å². The maximum absolute atomic E-state index is 10.9. The molecule has 0 fully saturated rings. The van der Waals surface area contributed by atoms with Crippen LogP contribution in [0.1, 0.15) is 26.2 Å². The van der Waals surface area contributed by atoms with Crippen LogP contribution >= 0.6 is 0 Å². The van der Waals surface area contributed by atoms with E-state index in [1.165, 1.54) is 6.21 Å². The minimum Gasteiger partial charge on any atom is -0.479 e. The van der Waals surface area contributed by atoms with Crippen molar-refractivity contribution >= 4 is 12.2 Å². The number of nitrogens with zero attached hydrogens (tertiary/aromatic N) is 1. The average Bonchev–Trinajstić information content (AvgIpc) is 2.15. The molecule has 5 N–H and O–H groups in total. The van der Waals surface area contributed by atoms with Gasteiger partial charge in [0.1, 0.15) is 0 Å². The van der Waals surface area contributed by atoms with E-state index in [2.05, 4.69) is 4.99 Å². The largest absolute Gasteiger partial charge is 0.479 e. The van der Waals surface area contributed by atoms with E-state index in [1.807, 2.05) is 0 Å². The summed E-state index contributed by atoms with van der Waals surface area (Å²) < 4.78 is 0. The van der Waals surface area contributed by atoms with Gasteiger partial charge in [-0.15, -0.1) is 0 Å². The zero-order valence-electron chi connectivity index (χ0n) is 8.57. The number of hydrogen-bond acceptors (Lipinski definition) is 4. The third-order valence-corrected chi connectivity index (χ3v) is 2.06. The number of hydrogen-bond donors (Lipinski definition) is 3. The van der Waals surface area contributed by atoms with Crippen molar-refractivity contribution in [2.45, 2.75) is 31.7 Å². The molecule has 0 aromatic carbocycles. The second-order valence-electron chi connectivity index (χ2n) is 3.37. The monoisotopic (exact) mass is 201 g/mol. The van der Waals surface area contributed by atoms with E-state index >= 15 is 0 Å². The van der Waals surface area contributed by atoms with Gasteiger partial charge in [-0.2, -0.15) is 0 Å². The van der Waals surface area contributed by atoms with Gasteiger partial charge in [0.2, 0.25) is 0 Å². The molecule has 5 heteroatoms. The lowest BCUT2D eigenvalue weighted by atomic mass is 9.96. The Hall–Kier alpha value is -0.940. The van der Waals surface area contributed by atoms with Gasteiger partial charge in [-0.3, -0.25) is 4.99 Å². The predicted molar refractivity (Wildman–Crippen MR) is 56.5 cm³/mol. The molecule has 0 aromatic rings. The van der Waals surface area contributed by atoms with Crippen molar-refractivity contribution in [3.63, 3.8) is 0 Å². The normalized spacial score (nSPS) is 15.6. The fraction of sp³-hybridized carbons (Fsp3) is 0.778. The maximum Gasteiger partial charge on any atom is 0.331 e. The minimum absolute atomic E-state index is 0.264. The minimum atomic E-state index is -1.05. The van der Waals surface area contributed by atoms with Crippen LogP contribution in [0.3, 0.4) is 0 Å². The lowest BCUT2D eigenvalue weighted by Crippen LogP contribution is -2.33. The van der Waals surface area contributed by atoms with Crippen molar-refractivity contribution in [3.8, 4) is 0 Å². The van der Waals surface area contributed by atoms with Crippen molar-refractivity contribution < 1.29 is 9.90 Å². The highest BCUT2D eigenvalue weighted by atomic mass is 16.4. The number of carboxylic acids is 1. The summed E-state index contributed by atoms with van der Waals surface area (Å²) in [5, 5.41) is 8.97. The number of rotatable bonds is 7. The molecule has 0 saturated heterocycles. The molecular weight excluding hydrogens is 182 g/mol. The Morgan fingerprint density at radius 1 is 1.50 bits per heavy atom. The lowest BCUT2D eigenvalue weighted by Gasteiger charge is -2.19. The molecule has 1 atom stereocenters. The van der Waals surface area contributed by atoms with Gasteiger partial charge < -0.3 is 16.6 Å². The molecule has 82 valence electrons. The maximum atomic E-state index is 10.9. The highest BCUT2D eigenvalue weighted by Gasteiger charge is 2.30. The Kier molecular flexibility index (Phi) is 6.07. The zero-order chi connectivity index (χ0) is 11.0. The van der Waals surface area contributed by atoms with Crippen LogP contribution in [0, 0.1) is 0 Å². The molecule has 0 aliphatic heterocycles. The van der Waals surface area contributed by atoms with Crippen LogP contribution in [0.4, 0.5) is 0 Å². The zero-order valence-corrected chi connectivity index (χ0v) is 8.57. The Morgan fingerprint density at radius 2 is 2.14 bits per heavy atom. The van der Waals surface area contributed by atoms with Crippen LogP contribution in [-0.4, -0.2) is 35.9 Å². The third kappa shape index (κ3) is 4.34. The van der Waals surface area contributed by atoms with Gasteiger partial charge in [0, 0.05) is 12.8 Å². The first-order valence-corrected chi connectivity index (χ1v) is 4.74. The lowest BCUT2D eigenvalue weighted by molar-refractivity contribution is -0.142. The number of unbranched alkanes of at least 4 members (excludes halogenated alkanes) is 1. The van der Waals surface area contributed by atoms with Crippen molar-refractivity contribution in [2.24, 2.45) is 16.5 Å². The van der Waals surface area contributed by atoms with Gasteiger partial charge in [0.15, 0.2) is 5.54 Å². The van der Waals surface area contributed by atoms with Gasteiger partial charge in [-0.1, -0.05) is 0 Å². The first kappa shape index (κ1) is 13.1. The quantitative estimate of drug-likeness (QED) is 0.398. The first-order chi connectivity index (χ1) is 6.56.